The Kier molecular flexibility index (Phi) is 3.96. The van der Waals surface area contributed by atoms with Crippen LogP contribution in [0, 0.1) is 0 Å². The molecular weight excluding hydrogens is 308 g/mol. The normalized spacial score (nSPS) is 14.5. The third kappa shape index (κ3) is 2.67. The molecule has 1 atom stereocenters. The van der Waals surface area contributed by atoms with Crippen molar-refractivity contribution in [3.8, 4) is 0 Å². The highest BCUT2D eigenvalue weighted by Crippen LogP contribution is 2.29. The standard InChI is InChI=1S/C14H17BrN2O2/c1-3-6-17-14(2,13(16)18)12-8-9-7-10(15)4-5-11(9)19-12/h4-5,7-8,17H,3,6H2,1-2H3,(H2,16,18). The molecule has 0 spiro atoms. The van der Waals surface area contributed by atoms with E-state index in [9.17, 15) is 4.79 Å². The van der Waals surface area contributed by atoms with Gasteiger partial charge in [0.15, 0.2) is 5.54 Å². The molecule has 1 heterocycles. The Hall–Kier alpha value is -1.33. The first-order valence-corrected chi connectivity index (χ1v) is 7.01. The number of nitrogens with two attached hydrogens (primary N) is 1. The van der Waals surface area contributed by atoms with E-state index in [1.165, 1.54) is 0 Å². The van der Waals surface area contributed by atoms with Crippen molar-refractivity contribution in [1.29, 1.82) is 0 Å². The molecular formula is C14H17BrN2O2. The van der Waals surface area contributed by atoms with Crippen molar-refractivity contribution in [1.82, 2.24) is 5.32 Å². The van der Waals surface area contributed by atoms with E-state index >= 15 is 0 Å². The molecule has 2 rings (SSSR count). The molecule has 0 aliphatic heterocycles. The van der Waals surface area contributed by atoms with Crippen molar-refractivity contribution in [3.63, 3.8) is 0 Å². The minimum Gasteiger partial charge on any atom is -0.459 e. The molecule has 1 unspecified atom stereocenters. The van der Waals surface area contributed by atoms with Crippen LogP contribution >= 0.6 is 15.9 Å². The van der Waals surface area contributed by atoms with E-state index in [-0.39, 0.29) is 0 Å². The Morgan fingerprint density at radius 1 is 1.47 bits per heavy atom. The summed E-state index contributed by atoms with van der Waals surface area (Å²) in [5.41, 5.74) is 5.28. The van der Waals surface area contributed by atoms with Gasteiger partial charge in [0.1, 0.15) is 11.3 Å². The van der Waals surface area contributed by atoms with Crippen molar-refractivity contribution in [2.45, 2.75) is 25.8 Å². The van der Waals surface area contributed by atoms with Crippen LogP contribution < -0.4 is 11.1 Å². The Bertz CT molecular complexity index is 609. The highest BCUT2D eigenvalue weighted by atomic mass is 79.9. The van der Waals surface area contributed by atoms with Gasteiger partial charge in [-0.25, -0.2) is 0 Å². The largest absolute Gasteiger partial charge is 0.459 e. The SMILES string of the molecule is CCCNC(C)(C(N)=O)c1cc2cc(Br)ccc2o1. The Morgan fingerprint density at radius 2 is 2.21 bits per heavy atom. The van der Waals surface area contributed by atoms with Gasteiger partial charge >= 0.3 is 0 Å². The number of nitrogens with one attached hydrogen (secondary N) is 1. The van der Waals surface area contributed by atoms with Gasteiger partial charge in [-0.2, -0.15) is 0 Å². The number of carbonyl (C=O) groups excluding carboxylic acids is 1. The molecule has 0 aliphatic rings. The lowest BCUT2D eigenvalue weighted by Gasteiger charge is -2.24. The molecule has 0 saturated heterocycles. The van der Waals surface area contributed by atoms with Crippen molar-refractivity contribution in [2.24, 2.45) is 5.73 Å². The molecule has 5 heteroatoms. The van der Waals surface area contributed by atoms with E-state index < -0.39 is 11.4 Å². The first kappa shape index (κ1) is 14.1. The summed E-state index contributed by atoms with van der Waals surface area (Å²) in [5, 5.41) is 4.10. The highest BCUT2D eigenvalue weighted by Gasteiger charge is 2.36. The van der Waals surface area contributed by atoms with E-state index in [4.69, 9.17) is 10.2 Å². The molecule has 0 radical (unpaired) electrons. The molecule has 19 heavy (non-hydrogen) atoms. The van der Waals surface area contributed by atoms with Gasteiger partial charge in [-0.3, -0.25) is 10.1 Å². The van der Waals surface area contributed by atoms with E-state index in [2.05, 4.69) is 21.2 Å². The monoisotopic (exact) mass is 324 g/mol. The van der Waals surface area contributed by atoms with Gasteiger partial charge in [-0.15, -0.1) is 0 Å². The maximum absolute atomic E-state index is 11.8. The average Bonchev–Trinajstić information content (AvgIpc) is 2.78. The third-order valence-electron chi connectivity index (χ3n) is 3.19. The minimum atomic E-state index is -0.985. The van der Waals surface area contributed by atoms with Gasteiger partial charge in [0.05, 0.1) is 0 Å². The summed E-state index contributed by atoms with van der Waals surface area (Å²) >= 11 is 3.41. The van der Waals surface area contributed by atoms with Crippen molar-refractivity contribution in [3.05, 3.63) is 34.5 Å². The van der Waals surface area contributed by atoms with Crippen molar-refractivity contribution in [2.75, 3.05) is 6.54 Å². The summed E-state index contributed by atoms with van der Waals surface area (Å²) in [7, 11) is 0. The first-order chi connectivity index (χ1) is 8.97. The van der Waals surface area contributed by atoms with Gasteiger partial charge < -0.3 is 10.2 Å². The number of hydrogen-bond acceptors (Lipinski definition) is 3. The summed E-state index contributed by atoms with van der Waals surface area (Å²) in [6, 6.07) is 7.57. The smallest absolute Gasteiger partial charge is 0.245 e. The lowest BCUT2D eigenvalue weighted by atomic mass is 9.97. The molecule has 0 saturated carbocycles. The minimum absolute atomic E-state index is 0.445. The number of amides is 1. The summed E-state index contributed by atoms with van der Waals surface area (Å²) < 4.78 is 6.73. The molecule has 102 valence electrons. The van der Waals surface area contributed by atoms with Crippen molar-refractivity contribution < 1.29 is 9.21 Å². The highest BCUT2D eigenvalue weighted by molar-refractivity contribution is 9.10. The van der Waals surface area contributed by atoms with Crippen LogP contribution in [0.25, 0.3) is 11.0 Å². The third-order valence-corrected chi connectivity index (χ3v) is 3.69. The van der Waals surface area contributed by atoms with Crippen LogP contribution in [0.3, 0.4) is 0 Å². The number of benzene rings is 1. The van der Waals surface area contributed by atoms with Crippen LogP contribution in [-0.2, 0) is 10.3 Å². The second-order valence-corrected chi connectivity index (χ2v) is 5.62. The molecule has 4 nitrogen and oxygen atoms in total. The first-order valence-electron chi connectivity index (χ1n) is 6.22. The predicted molar refractivity (Wildman–Crippen MR) is 78.8 cm³/mol. The second-order valence-electron chi connectivity index (χ2n) is 4.71. The number of carbonyl (C=O) groups is 1. The van der Waals surface area contributed by atoms with Gasteiger partial charge in [0, 0.05) is 9.86 Å². The quantitative estimate of drug-likeness (QED) is 0.888. The maximum Gasteiger partial charge on any atom is 0.245 e. The fraction of sp³-hybridized carbons (Fsp3) is 0.357. The van der Waals surface area contributed by atoms with Gasteiger partial charge in [0.25, 0.3) is 0 Å². The maximum atomic E-state index is 11.8. The molecule has 0 bridgehead atoms. The van der Waals surface area contributed by atoms with Gasteiger partial charge in [-0.1, -0.05) is 22.9 Å². The number of rotatable bonds is 5. The van der Waals surface area contributed by atoms with E-state index in [1.54, 1.807) is 6.92 Å². The Morgan fingerprint density at radius 3 is 2.84 bits per heavy atom. The summed E-state index contributed by atoms with van der Waals surface area (Å²) in [5.74, 6) is 0.0978. The zero-order valence-corrected chi connectivity index (χ0v) is 12.6. The lowest BCUT2D eigenvalue weighted by molar-refractivity contribution is -0.124. The second kappa shape index (κ2) is 5.35. The van der Waals surface area contributed by atoms with Crippen LogP contribution in [0.5, 0.6) is 0 Å². The van der Waals surface area contributed by atoms with Gasteiger partial charge in [-0.05, 0) is 44.2 Å². The number of halogens is 1. The van der Waals surface area contributed by atoms with E-state index in [0.29, 0.717) is 12.3 Å². The zero-order chi connectivity index (χ0) is 14.0. The summed E-state index contributed by atoms with van der Waals surface area (Å²) in [4.78, 5) is 11.8. The van der Waals surface area contributed by atoms with E-state index in [1.807, 2.05) is 31.2 Å². The molecule has 2 aromatic rings. The summed E-state index contributed by atoms with van der Waals surface area (Å²) in [6.45, 7) is 4.47. The molecule has 3 N–H and O–H groups in total. The average molecular weight is 325 g/mol. The summed E-state index contributed by atoms with van der Waals surface area (Å²) in [6.07, 6.45) is 0.911. The van der Waals surface area contributed by atoms with Crippen LogP contribution in [0.4, 0.5) is 0 Å². The topological polar surface area (TPSA) is 68.3 Å². The molecule has 1 aromatic carbocycles. The number of primary amides is 1. The number of fused-ring (bicyclic) bond motifs is 1. The Labute approximate surface area is 120 Å². The number of hydrogen-bond donors (Lipinski definition) is 2. The fourth-order valence-corrected chi connectivity index (χ4v) is 2.31. The van der Waals surface area contributed by atoms with Crippen LogP contribution in [0.2, 0.25) is 0 Å². The van der Waals surface area contributed by atoms with Gasteiger partial charge in [0.2, 0.25) is 5.91 Å². The molecule has 0 fully saturated rings. The molecule has 1 aromatic heterocycles. The zero-order valence-electron chi connectivity index (χ0n) is 11.0. The predicted octanol–water partition coefficient (Wildman–Crippen LogP) is 2.90. The van der Waals surface area contributed by atoms with Crippen LogP contribution in [0.1, 0.15) is 26.0 Å². The molecule has 1 amide bonds. The van der Waals surface area contributed by atoms with Crippen LogP contribution in [0.15, 0.2) is 33.2 Å². The fourth-order valence-electron chi connectivity index (χ4n) is 1.93. The van der Waals surface area contributed by atoms with Crippen molar-refractivity contribution >= 4 is 32.8 Å². The lowest BCUT2D eigenvalue weighted by Crippen LogP contribution is -2.50. The Balaban J connectivity index is 2.47. The van der Waals surface area contributed by atoms with E-state index in [0.717, 1.165) is 21.9 Å². The van der Waals surface area contributed by atoms with Crippen LogP contribution in [-0.4, -0.2) is 12.5 Å². The number of furan rings is 1. The molecule has 0 aliphatic carbocycles.